The molecule has 22 heavy (non-hydrogen) atoms. The lowest BCUT2D eigenvalue weighted by atomic mass is 10.1. The largest absolute Gasteiger partial charge is 0.396 e. The van der Waals surface area contributed by atoms with Crippen molar-refractivity contribution in [3.05, 3.63) is 24.0 Å². The topological polar surface area (TPSA) is 90.0 Å². The third-order valence-electron chi connectivity index (χ3n) is 3.88. The van der Waals surface area contributed by atoms with Crippen molar-refractivity contribution < 1.29 is 18.7 Å². The van der Waals surface area contributed by atoms with Gasteiger partial charge in [-0.15, -0.1) is 0 Å². The summed E-state index contributed by atoms with van der Waals surface area (Å²) in [4.78, 5) is 18.1. The van der Waals surface area contributed by atoms with E-state index in [1.54, 1.807) is 18.2 Å². The Morgan fingerprint density at radius 1 is 1.45 bits per heavy atom. The summed E-state index contributed by atoms with van der Waals surface area (Å²) >= 11 is 0. The summed E-state index contributed by atoms with van der Waals surface area (Å²) < 4.78 is 25.1. The number of aromatic amines is 1. The summed E-state index contributed by atoms with van der Waals surface area (Å²) in [7, 11) is 0. The van der Waals surface area contributed by atoms with Gasteiger partial charge < -0.3 is 20.7 Å². The molecular formula is C14H16F2N4O2. The Kier molecular flexibility index (Phi) is 3.69. The molecule has 1 aliphatic carbocycles. The molecule has 118 valence electrons. The Bertz CT molecular complexity index is 697. The van der Waals surface area contributed by atoms with Gasteiger partial charge in [0.2, 0.25) is 0 Å². The maximum Gasteiger partial charge on any atom is 0.319 e. The number of imidazole rings is 1. The van der Waals surface area contributed by atoms with Crippen LogP contribution in [-0.2, 0) is 0 Å². The number of anilines is 1. The normalized spacial score (nSPS) is 16.0. The molecule has 0 spiro atoms. The molecule has 1 saturated carbocycles. The van der Waals surface area contributed by atoms with Gasteiger partial charge in [0, 0.05) is 17.6 Å². The van der Waals surface area contributed by atoms with E-state index in [4.69, 9.17) is 0 Å². The van der Waals surface area contributed by atoms with Gasteiger partial charge >= 0.3 is 6.03 Å². The van der Waals surface area contributed by atoms with Gasteiger partial charge in [-0.2, -0.15) is 0 Å². The van der Waals surface area contributed by atoms with Gasteiger partial charge in [-0.05, 0) is 31.0 Å². The number of nitrogens with zero attached hydrogens (tertiary/aromatic N) is 1. The molecule has 0 radical (unpaired) electrons. The molecule has 0 unspecified atom stereocenters. The van der Waals surface area contributed by atoms with Crippen LogP contribution in [0, 0.1) is 5.41 Å². The smallest absolute Gasteiger partial charge is 0.319 e. The second kappa shape index (κ2) is 5.53. The summed E-state index contributed by atoms with van der Waals surface area (Å²) in [6, 6.07) is 4.31. The highest BCUT2D eigenvalue weighted by Gasteiger charge is 2.42. The summed E-state index contributed by atoms with van der Waals surface area (Å²) in [6.45, 7) is 0.473. The van der Waals surface area contributed by atoms with E-state index >= 15 is 0 Å². The number of benzene rings is 1. The maximum absolute atomic E-state index is 12.6. The highest BCUT2D eigenvalue weighted by Crippen LogP contribution is 2.44. The molecule has 0 aliphatic heterocycles. The number of hydrogen-bond acceptors (Lipinski definition) is 3. The van der Waals surface area contributed by atoms with Crippen LogP contribution in [0.5, 0.6) is 0 Å². The number of fused-ring (bicyclic) bond motifs is 1. The first-order chi connectivity index (χ1) is 10.5. The van der Waals surface area contributed by atoms with Gasteiger partial charge in [-0.1, -0.05) is 0 Å². The Morgan fingerprint density at radius 3 is 2.86 bits per heavy atom. The Hall–Kier alpha value is -2.22. The minimum atomic E-state index is -2.67. The number of nitrogens with one attached hydrogen (secondary N) is 3. The Labute approximate surface area is 124 Å². The van der Waals surface area contributed by atoms with Crippen molar-refractivity contribution >= 4 is 22.8 Å². The fraction of sp³-hybridized carbons (Fsp3) is 0.429. The summed E-state index contributed by atoms with van der Waals surface area (Å²) in [6.07, 6.45) is -0.860. The molecule has 1 heterocycles. The molecule has 0 bridgehead atoms. The lowest BCUT2D eigenvalue weighted by Crippen LogP contribution is -2.35. The number of carbonyl (C=O) groups excluding carboxylic acids is 1. The predicted molar refractivity (Wildman–Crippen MR) is 76.8 cm³/mol. The fourth-order valence-electron chi connectivity index (χ4n) is 2.22. The van der Waals surface area contributed by atoms with Crippen LogP contribution < -0.4 is 10.6 Å². The van der Waals surface area contributed by atoms with Crippen LogP contribution >= 0.6 is 0 Å². The molecule has 1 aromatic heterocycles. The molecule has 2 aromatic rings. The second-order valence-electron chi connectivity index (χ2n) is 5.62. The molecule has 3 rings (SSSR count). The molecule has 0 saturated heterocycles. The van der Waals surface area contributed by atoms with Crippen molar-refractivity contribution in [1.29, 1.82) is 0 Å². The lowest BCUT2D eigenvalue weighted by Gasteiger charge is -2.13. The van der Waals surface area contributed by atoms with E-state index in [-0.39, 0.29) is 12.0 Å². The van der Waals surface area contributed by atoms with Crippen LogP contribution in [-0.4, -0.2) is 34.3 Å². The molecule has 1 aromatic carbocycles. The second-order valence-corrected chi connectivity index (χ2v) is 5.62. The molecule has 8 heteroatoms. The molecule has 0 atom stereocenters. The van der Waals surface area contributed by atoms with Crippen LogP contribution in [0.15, 0.2) is 18.2 Å². The first-order valence-corrected chi connectivity index (χ1v) is 6.95. The number of carbonyl (C=O) groups is 1. The number of alkyl halides is 2. The highest BCUT2D eigenvalue weighted by atomic mass is 19.3. The average molecular weight is 310 g/mol. The van der Waals surface area contributed by atoms with Gasteiger partial charge in [-0.3, -0.25) is 0 Å². The molecule has 2 amide bonds. The van der Waals surface area contributed by atoms with Gasteiger partial charge in [0.1, 0.15) is 0 Å². The van der Waals surface area contributed by atoms with Crippen LogP contribution in [0.25, 0.3) is 11.0 Å². The van der Waals surface area contributed by atoms with E-state index in [0.29, 0.717) is 23.3 Å². The number of H-pyrrole nitrogens is 1. The number of rotatable bonds is 5. The van der Waals surface area contributed by atoms with Gasteiger partial charge in [0.05, 0.1) is 17.6 Å². The zero-order valence-electron chi connectivity index (χ0n) is 11.7. The first kappa shape index (κ1) is 14.7. The van der Waals surface area contributed by atoms with Gasteiger partial charge in [-0.25, -0.2) is 18.6 Å². The van der Waals surface area contributed by atoms with E-state index in [1.165, 1.54) is 0 Å². The van der Waals surface area contributed by atoms with Crippen LogP contribution in [0.3, 0.4) is 0 Å². The average Bonchev–Trinajstić information content (AvgIpc) is 3.15. The number of aromatic nitrogens is 2. The number of aliphatic hydroxyl groups excluding tert-OH is 1. The van der Waals surface area contributed by atoms with E-state index in [9.17, 15) is 18.7 Å². The molecule has 4 N–H and O–H groups in total. The Morgan fingerprint density at radius 2 is 2.23 bits per heavy atom. The van der Waals surface area contributed by atoms with Crippen LogP contribution in [0.2, 0.25) is 0 Å². The van der Waals surface area contributed by atoms with Crippen molar-refractivity contribution in [3.63, 3.8) is 0 Å². The number of halogens is 2. The van der Waals surface area contributed by atoms with Gasteiger partial charge in [0.25, 0.3) is 6.43 Å². The third kappa shape index (κ3) is 3.01. The molecule has 1 fully saturated rings. The minimum absolute atomic E-state index is 0.0593. The molecular weight excluding hydrogens is 294 g/mol. The van der Waals surface area contributed by atoms with E-state index in [2.05, 4.69) is 20.6 Å². The number of amides is 2. The van der Waals surface area contributed by atoms with Crippen molar-refractivity contribution in [3.8, 4) is 0 Å². The van der Waals surface area contributed by atoms with Crippen molar-refractivity contribution in [2.45, 2.75) is 19.3 Å². The SMILES string of the molecule is O=C(NCC1(CO)CC1)Nc1ccc2nc(C(F)F)[nH]c2c1. The number of hydrogen-bond donors (Lipinski definition) is 4. The summed E-state index contributed by atoms with van der Waals surface area (Å²) in [5.74, 6) is -0.393. The predicted octanol–water partition coefficient (Wildman–Crippen LogP) is 2.39. The minimum Gasteiger partial charge on any atom is -0.396 e. The fourth-order valence-corrected chi connectivity index (χ4v) is 2.22. The van der Waals surface area contributed by atoms with E-state index < -0.39 is 18.3 Å². The van der Waals surface area contributed by atoms with Crippen molar-refractivity contribution in [2.24, 2.45) is 5.41 Å². The van der Waals surface area contributed by atoms with E-state index in [1.807, 2.05) is 0 Å². The molecule has 6 nitrogen and oxygen atoms in total. The van der Waals surface area contributed by atoms with Gasteiger partial charge in [0.15, 0.2) is 5.82 Å². The zero-order chi connectivity index (χ0) is 15.7. The third-order valence-corrected chi connectivity index (χ3v) is 3.88. The highest BCUT2D eigenvalue weighted by molar-refractivity contribution is 5.91. The van der Waals surface area contributed by atoms with Crippen molar-refractivity contribution in [2.75, 3.05) is 18.5 Å². The first-order valence-electron chi connectivity index (χ1n) is 6.95. The van der Waals surface area contributed by atoms with Crippen LogP contribution in [0.4, 0.5) is 19.3 Å². The lowest BCUT2D eigenvalue weighted by molar-refractivity contribution is 0.142. The van der Waals surface area contributed by atoms with E-state index in [0.717, 1.165) is 12.8 Å². The quantitative estimate of drug-likeness (QED) is 0.683. The van der Waals surface area contributed by atoms with Crippen LogP contribution in [0.1, 0.15) is 25.1 Å². The monoisotopic (exact) mass is 310 g/mol. The van der Waals surface area contributed by atoms with Crippen molar-refractivity contribution in [1.82, 2.24) is 15.3 Å². The number of urea groups is 1. The zero-order valence-corrected chi connectivity index (χ0v) is 11.7. The number of aliphatic hydroxyl groups is 1. The summed E-state index contributed by atoms with van der Waals surface area (Å²) in [5, 5.41) is 14.5. The molecule has 1 aliphatic rings. The summed E-state index contributed by atoms with van der Waals surface area (Å²) in [5.41, 5.74) is 1.15. The Balaban J connectivity index is 1.64. The maximum atomic E-state index is 12.6. The standard InChI is InChI=1S/C14H16F2N4O2/c15-11(16)12-19-9-2-1-8(5-10(9)20-12)18-13(22)17-6-14(7-21)3-4-14/h1-2,5,11,21H,3-4,6-7H2,(H,19,20)(H2,17,18,22).